The van der Waals surface area contributed by atoms with E-state index in [1.54, 1.807) is 12.1 Å². The van der Waals surface area contributed by atoms with Gasteiger partial charge in [-0.15, -0.1) is 0 Å². The molecule has 13 heteroatoms. The number of carboxylic acid groups (broad SMARTS) is 1. The lowest BCUT2D eigenvalue weighted by Crippen LogP contribution is -2.57. The molecule has 0 bridgehead atoms. The highest BCUT2D eigenvalue weighted by molar-refractivity contribution is 7.80. The number of amides is 3. The van der Waals surface area contributed by atoms with E-state index in [1.165, 1.54) is 24.7 Å². The van der Waals surface area contributed by atoms with Gasteiger partial charge in [0, 0.05) is 30.5 Å². The lowest BCUT2D eigenvalue weighted by molar-refractivity contribution is -0.142. The number of carboxylic acids is 1. The predicted molar refractivity (Wildman–Crippen MR) is 120 cm³/mol. The number of hydrogen-bond donors (Lipinski definition) is 8. The number of aromatic hydroxyl groups is 1. The minimum atomic E-state index is -1.26. The number of phenols is 1. The molecule has 0 fully saturated rings. The fourth-order valence-electron chi connectivity index (χ4n) is 2.89. The third-order valence-electron chi connectivity index (χ3n) is 4.62. The first-order chi connectivity index (χ1) is 15.7. The summed E-state index contributed by atoms with van der Waals surface area (Å²) in [6, 6.07) is 2.54. The zero-order chi connectivity index (χ0) is 24.4. The number of nitrogens with two attached hydrogens (primary N) is 1. The van der Waals surface area contributed by atoms with Crippen LogP contribution in [0.2, 0.25) is 0 Å². The summed E-state index contributed by atoms with van der Waals surface area (Å²) in [6.07, 6.45) is 2.85. The molecule has 3 atom stereocenters. The van der Waals surface area contributed by atoms with Crippen molar-refractivity contribution in [3.05, 3.63) is 48.0 Å². The summed E-state index contributed by atoms with van der Waals surface area (Å²) in [7, 11) is 0. The summed E-state index contributed by atoms with van der Waals surface area (Å²) in [5.41, 5.74) is 6.48. The molecule has 1 heterocycles. The van der Waals surface area contributed by atoms with Gasteiger partial charge in [-0.2, -0.15) is 12.6 Å². The highest BCUT2D eigenvalue weighted by atomic mass is 32.1. The molecule has 0 aliphatic carbocycles. The Morgan fingerprint density at radius 2 is 1.64 bits per heavy atom. The maximum Gasteiger partial charge on any atom is 0.326 e. The molecular weight excluding hydrogens is 452 g/mol. The Labute approximate surface area is 194 Å². The molecule has 2 aromatic rings. The highest BCUT2D eigenvalue weighted by Gasteiger charge is 2.29. The fourth-order valence-corrected chi connectivity index (χ4v) is 3.14. The number of carbonyl (C=O) groups excluding carboxylic acids is 3. The average Bonchev–Trinajstić information content (AvgIpc) is 3.30. The monoisotopic (exact) mass is 478 g/mol. The summed E-state index contributed by atoms with van der Waals surface area (Å²) in [6.45, 7) is -0.344. The predicted octanol–water partition coefficient (Wildman–Crippen LogP) is -1.67. The van der Waals surface area contributed by atoms with Gasteiger partial charge in [0.2, 0.25) is 17.7 Å². The van der Waals surface area contributed by atoms with Crippen LogP contribution in [-0.2, 0) is 32.0 Å². The molecule has 0 saturated carbocycles. The zero-order valence-corrected chi connectivity index (χ0v) is 18.4. The van der Waals surface area contributed by atoms with Gasteiger partial charge in [-0.25, -0.2) is 9.78 Å². The summed E-state index contributed by atoms with van der Waals surface area (Å²) in [5, 5.41) is 26.2. The second-order valence-corrected chi connectivity index (χ2v) is 7.48. The number of hydrogen-bond acceptors (Lipinski definition) is 8. The largest absolute Gasteiger partial charge is 0.508 e. The number of carbonyl (C=O) groups is 4. The molecule has 0 spiro atoms. The molecule has 8 N–H and O–H groups in total. The van der Waals surface area contributed by atoms with E-state index in [4.69, 9.17) is 5.73 Å². The highest BCUT2D eigenvalue weighted by Crippen LogP contribution is 2.12. The molecule has 0 radical (unpaired) electrons. The summed E-state index contributed by atoms with van der Waals surface area (Å²) in [4.78, 5) is 55.4. The van der Waals surface area contributed by atoms with Crippen LogP contribution in [0, 0.1) is 0 Å². The van der Waals surface area contributed by atoms with Crippen molar-refractivity contribution in [2.45, 2.75) is 31.0 Å². The smallest absolute Gasteiger partial charge is 0.326 e. The van der Waals surface area contributed by atoms with E-state index in [0.29, 0.717) is 11.3 Å². The number of phenolic OH excluding ortho intramolecular Hbond substituents is 1. The van der Waals surface area contributed by atoms with E-state index in [2.05, 4.69) is 38.5 Å². The fraction of sp³-hybridized carbons (Fsp3) is 0.350. The first-order valence-corrected chi connectivity index (χ1v) is 10.6. The number of benzene rings is 1. The van der Waals surface area contributed by atoms with Gasteiger partial charge < -0.3 is 36.9 Å². The van der Waals surface area contributed by atoms with Crippen LogP contribution in [0.15, 0.2) is 36.8 Å². The SMILES string of the molecule is NCC(=O)NC(Cc1ccc(O)cc1)C(=O)NC(CS)C(=O)NC(Cc1cnc[nH]1)C(=O)O. The second-order valence-electron chi connectivity index (χ2n) is 7.12. The normalized spacial score (nSPS) is 13.4. The van der Waals surface area contributed by atoms with Crippen molar-refractivity contribution < 1.29 is 29.4 Å². The van der Waals surface area contributed by atoms with Crippen molar-refractivity contribution in [2.75, 3.05) is 12.3 Å². The Balaban J connectivity index is 2.08. The number of rotatable bonds is 12. The van der Waals surface area contributed by atoms with Gasteiger partial charge in [0.25, 0.3) is 0 Å². The molecule has 0 aliphatic rings. The van der Waals surface area contributed by atoms with Gasteiger partial charge in [0.15, 0.2) is 0 Å². The lowest BCUT2D eigenvalue weighted by atomic mass is 10.0. The van der Waals surface area contributed by atoms with E-state index in [9.17, 15) is 29.4 Å². The molecule has 33 heavy (non-hydrogen) atoms. The Kier molecular flexibility index (Phi) is 9.69. The van der Waals surface area contributed by atoms with E-state index in [-0.39, 0.29) is 30.9 Å². The number of imidazole rings is 1. The minimum absolute atomic E-state index is 0.0374. The van der Waals surface area contributed by atoms with Crippen LogP contribution in [0.1, 0.15) is 11.3 Å². The molecule has 178 valence electrons. The topological polar surface area (TPSA) is 200 Å². The maximum absolute atomic E-state index is 12.9. The number of H-pyrrole nitrogens is 1. The van der Waals surface area contributed by atoms with E-state index < -0.39 is 41.8 Å². The van der Waals surface area contributed by atoms with Crippen molar-refractivity contribution in [1.82, 2.24) is 25.9 Å². The average molecular weight is 479 g/mol. The van der Waals surface area contributed by atoms with Gasteiger partial charge in [-0.3, -0.25) is 14.4 Å². The first-order valence-electron chi connectivity index (χ1n) is 9.92. The van der Waals surface area contributed by atoms with Crippen LogP contribution in [0.3, 0.4) is 0 Å². The molecule has 0 saturated heterocycles. The van der Waals surface area contributed by atoms with Crippen molar-refractivity contribution in [3.63, 3.8) is 0 Å². The molecule has 3 unspecified atom stereocenters. The quantitative estimate of drug-likeness (QED) is 0.165. The van der Waals surface area contributed by atoms with Crippen LogP contribution in [-0.4, -0.2) is 74.3 Å². The standard InChI is InChI=1S/C20H26N6O6S/c21-7-17(28)24-14(5-11-1-3-13(27)4-2-11)18(29)26-16(9-33)19(30)25-15(20(31)32)6-12-8-22-10-23-12/h1-4,8,10,14-16,27,33H,5-7,9,21H2,(H,22,23)(H,24,28)(H,25,30)(H,26,29)(H,31,32). The minimum Gasteiger partial charge on any atom is -0.508 e. The van der Waals surface area contributed by atoms with Crippen LogP contribution >= 0.6 is 12.6 Å². The number of aromatic nitrogens is 2. The molecule has 1 aromatic heterocycles. The van der Waals surface area contributed by atoms with Crippen LogP contribution in [0.25, 0.3) is 0 Å². The maximum atomic E-state index is 12.9. The van der Waals surface area contributed by atoms with Crippen molar-refractivity contribution >= 4 is 36.3 Å². The molecular formula is C20H26N6O6S. The van der Waals surface area contributed by atoms with E-state index in [1.807, 2.05) is 0 Å². The summed E-state index contributed by atoms with van der Waals surface area (Å²) >= 11 is 4.09. The second kappa shape index (κ2) is 12.5. The zero-order valence-electron chi connectivity index (χ0n) is 17.5. The Morgan fingerprint density at radius 1 is 1.00 bits per heavy atom. The van der Waals surface area contributed by atoms with Crippen molar-refractivity contribution in [1.29, 1.82) is 0 Å². The number of aliphatic carboxylic acids is 1. The lowest BCUT2D eigenvalue weighted by Gasteiger charge is -2.23. The van der Waals surface area contributed by atoms with Crippen LogP contribution < -0.4 is 21.7 Å². The van der Waals surface area contributed by atoms with Crippen molar-refractivity contribution in [2.24, 2.45) is 5.73 Å². The summed E-state index contributed by atoms with van der Waals surface area (Å²) in [5.74, 6) is -3.35. The first kappa shape index (κ1) is 25.7. The molecule has 3 amide bonds. The molecule has 1 aromatic carbocycles. The Bertz CT molecular complexity index is 952. The van der Waals surface area contributed by atoms with E-state index >= 15 is 0 Å². The molecule has 12 nitrogen and oxygen atoms in total. The Hall–Kier alpha value is -3.58. The number of aromatic amines is 1. The van der Waals surface area contributed by atoms with Crippen molar-refractivity contribution in [3.8, 4) is 5.75 Å². The molecule has 2 rings (SSSR count). The van der Waals surface area contributed by atoms with E-state index in [0.717, 1.165) is 0 Å². The number of nitrogens with one attached hydrogen (secondary N) is 4. The van der Waals surface area contributed by atoms with Crippen LogP contribution in [0.4, 0.5) is 0 Å². The third kappa shape index (κ3) is 8.12. The number of thiol groups is 1. The van der Waals surface area contributed by atoms with Gasteiger partial charge >= 0.3 is 5.97 Å². The Morgan fingerprint density at radius 3 is 2.18 bits per heavy atom. The molecule has 0 aliphatic heterocycles. The van der Waals surface area contributed by atoms with Gasteiger partial charge in [-0.05, 0) is 17.7 Å². The van der Waals surface area contributed by atoms with Gasteiger partial charge in [0.05, 0.1) is 12.9 Å². The summed E-state index contributed by atoms with van der Waals surface area (Å²) < 4.78 is 0. The van der Waals surface area contributed by atoms with Gasteiger partial charge in [0.1, 0.15) is 23.9 Å². The number of nitrogens with zero attached hydrogens (tertiary/aromatic N) is 1. The van der Waals surface area contributed by atoms with Crippen LogP contribution in [0.5, 0.6) is 5.75 Å². The van der Waals surface area contributed by atoms with Gasteiger partial charge in [-0.1, -0.05) is 12.1 Å². The third-order valence-corrected chi connectivity index (χ3v) is 4.99.